The molecule has 0 unspecified atom stereocenters. The molecule has 0 fully saturated rings. The van der Waals surface area contributed by atoms with Crippen molar-refractivity contribution in [1.29, 1.82) is 0 Å². The minimum atomic E-state index is -0.0508. The van der Waals surface area contributed by atoms with Crippen LogP contribution in [0.2, 0.25) is 0 Å². The lowest BCUT2D eigenvalue weighted by Crippen LogP contribution is -2.10. The van der Waals surface area contributed by atoms with E-state index >= 15 is 0 Å². The number of rotatable bonds is 21. The maximum atomic E-state index is 6.65. The van der Waals surface area contributed by atoms with Crippen molar-refractivity contribution in [2.75, 3.05) is 0 Å². The first-order valence-electron chi connectivity index (χ1n) is 48.6. The minimum absolute atomic E-state index is 0.0508. The molecule has 22 rings (SSSR count). The molecule has 27 heteroatoms. The highest BCUT2D eigenvalue weighted by Gasteiger charge is 2.30. The Labute approximate surface area is 847 Å². The van der Waals surface area contributed by atoms with Gasteiger partial charge >= 0.3 is 0 Å². The molecular formula is C120H102N18O9. The van der Waals surface area contributed by atoms with E-state index in [1.807, 2.05) is 200 Å². The zero-order valence-electron chi connectivity index (χ0n) is 84.4. The molecule has 0 N–H and O–H groups in total. The maximum absolute atomic E-state index is 6.65. The smallest absolute Gasteiger partial charge is 0.248 e. The zero-order chi connectivity index (χ0) is 102. The normalized spacial score (nSPS) is 12.3. The summed E-state index contributed by atoms with van der Waals surface area (Å²) in [6, 6.07) is 96.1. The number of hydrogen-bond donors (Lipinski definition) is 0. The van der Waals surface area contributed by atoms with E-state index in [4.69, 9.17) is 39.8 Å². The SMILES string of the molecule is CC(C)(C)c1ccc(-c2nnc(-c3cc(-c4nnc(-c5ccc(-c6cc(-c7ccc(-c8nnc(-c9cc(-c%10nnc(-c%11ccc(C(C)(C)C)cc%11)o%10)cc(-c%10nnc(-c%11ccc(C(C)(C)C)cc%11)o%10)c9)o8)cc7)cc(-c7ccc(-c8nnc(-c9cc(-c%10nnc(-c%11ccc(C(C)(C)C)cc%11)o%10)cc(-c%10nnc(-c%11ccc(C(C)(C)C)cc%11)o%10)c9)o8)cc7)c6)cc5)o4)cc(-c4nnc(-c5ccc(C(C)(C)C)cc5)o4)c3)o2)cc1. The van der Waals surface area contributed by atoms with E-state index in [0.717, 1.165) is 66.8 Å². The van der Waals surface area contributed by atoms with Crippen LogP contribution in [-0.2, 0) is 32.5 Å². The average Bonchev–Trinajstić information content (AvgIpc) is 1.65. The molecule has 147 heavy (non-hydrogen) atoms. The molecule has 0 saturated heterocycles. The zero-order valence-corrected chi connectivity index (χ0v) is 84.4. The predicted molar refractivity (Wildman–Crippen MR) is 564 cm³/mol. The Bertz CT molecular complexity index is 7450. The van der Waals surface area contributed by atoms with Crippen molar-refractivity contribution in [3.63, 3.8) is 0 Å². The first-order chi connectivity index (χ1) is 70.4. The molecule has 27 nitrogen and oxygen atoms in total. The molecule has 9 heterocycles. The summed E-state index contributed by atoms with van der Waals surface area (Å²) in [6.45, 7) is 39.1. The van der Waals surface area contributed by atoms with Crippen LogP contribution in [0.25, 0.3) is 240 Å². The van der Waals surface area contributed by atoms with Gasteiger partial charge in [0.05, 0.1) is 0 Å². The summed E-state index contributed by atoms with van der Waals surface area (Å²) in [5.41, 5.74) is 23.7. The topological polar surface area (TPSA) is 350 Å². The second-order valence-corrected chi connectivity index (χ2v) is 43.1. The lowest BCUT2D eigenvalue weighted by atomic mass is 9.87. The maximum Gasteiger partial charge on any atom is 0.248 e. The monoisotopic (exact) mass is 1940 g/mol. The van der Waals surface area contributed by atoms with E-state index in [1.54, 1.807) is 0 Å². The van der Waals surface area contributed by atoms with Crippen molar-refractivity contribution >= 4 is 0 Å². The van der Waals surface area contributed by atoms with Crippen LogP contribution in [0.3, 0.4) is 0 Å². The standard InChI is InChI=1S/C120H102N18O9/c1-115(2,3)91-43-31-73(32-44-91)100-124-133-109(142-100)85-58-82(59-86(64-85)110-134-125-101(143-110)74-33-45-92(46-34-74)116(4,5)6)106-130-121-97(139-106)70-25-19-67(20-26-70)79-55-80(68-21-27-71(28-22-68)98-122-131-107(140-98)83-60-87(111-135-126-102(144-111)75-35-47-93(48-36-75)117(7,8)9)65-88(61-83)112-136-127-103(145-112)76-37-49-94(50-38-76)118(10,11)12)57-81(56-79)69-23-29-72(30-24-69)99-123-132-108(141-99)84-62-89(113-137-128-104(146-113)77-39-51-95(52-40-77)119(13,14)15)66-90(63-84)114-138-129-105(147-114)78-41-53-96(54-42-78)120(16,17)18/h19-66H,1-18H3. The van der Waals surface area contributed by atoms with Gasteiger partial charge in [-0.2, -0.15) is 0 Å². The van der Waals surface area contributed by atoms with Crippen molar-refractivity contribution in [1.82, 2.24) is 91.8 Å². The Kier molecular flexibility index (Phi) is 23.6. The highest BCUT2D eigenvalue weighted by Crippen LogP contribution is 2.45. The second-order valence-electron chi connectivity index (χ2n) is 43.1. The van der Waals surface area contributed by atoms with Gasteiger partial charge in [-0.15, -0.1) is 91.8 Å². The molecule has 0 radical (unpaired) electrons. The molecule has 0 aliphatic rings. The summed E-state index contributed by atoms with van der Waals surface area (Å²) in [6.07, 6.45) is 0. The van der Waals surface area contributed by atoms with Gasteiger partial charge in [-0.3, -0.25) is 0 Å². The summed E-state index contributed by atoms with van der Waals surface area (Å²) in [5.74, 6) is 5.07. The van der Waals surface area contributed by atoms with Gasteiger partial charge in [-0.1, -0.05) is 234 Å². The van der Waals surface area contributed by atoms with Crippen LogP contribution in [0.1, 0.15) is 158 Å². The minimum Gasteiger partial charge on any atom is -0.416 e. The molecule has 0 spiro atoms. The van der Waals surface area contributed by atoms with E-state index in [1.165, 1.54) is 33.4 Å². The lowest BCUT2D eigenvalue weighted by Gasteiger charge is -2.18. The fourth-order valence-corrected chi connectivity index (χ4v) is 17.3. The molecule has 22 aromatic rings. The fourth-order valence-electron chi connectivity index (χ4n) is 17.3. The molecule has 0 atom stereocenters. The molecule has 0 bridgehead atoms. The van der Waals surface area contributed by atoms with Crippen molar-refractivity contribution in [3.8, 4) is 240 Å². The Morgan fingerprint density at radius 3 is 0.286 bits per heavy atom. The fraction of sp³-hybridized carbons (Fsp3) is 0.200. The first-order valence-corrected chi connectivity index (χ1v) is 48.6. The molecular weight excluding hydrogens is 1840 g/mol. The Morgan fingerprint density at radius 2 is 0.184 bits per heavy atom. The third kappa shape index (κ3) is 19.8. The van der Waals surface area contributed by atoms with E-state index in [0.29, 0.717) is 102 Å². The van der Waals surface area contributed by atoms with Gasteiger partial charge in [0, 0.05) is 100 Å². The number of nitrogens with zero attached hydrogens (tertiary/aromatic N) is 18. The van der Waals surface area contributed by atoms with Gasteiger partial charge in [0.15, 0.2) is 0 Å². The van der Waals surface area contributed by atoms with Gasteiger partial charge in [0.1, 0.15) is 0 Å². The van der Waals surface area contributed by atoms with Crippen LogP contribution in [-0.4, -0.2) is 91.8 Å². The Morgan fingerprint density at radius 1 is 0.102 bits per heavy atom. The van der Waals surface area contributed by atoms with Crippen LogP contribution in [0, 0.1) is 0 Å². The number of benzene rings is 13. The van der Waals surface area contributed by atoms with Crippen LogP contribution in [0.4, 0.5) is 0 Å². The summed E-state index contributed by atoms with van der Waals surface area (Å²) >= 11 is 0. The van der Waals surface area contributed by atoms with E-state index in [2.05, 4.69) is 307 Å². The van der Waals surface area contributed by atoms with Crippen LogP contribution < -0.4 is 0 Å². The average molecular weight is 1940 g/mol. The van der Waals surface area contributed by atoms with Crippen molar-refractivity contribution in [2.24, 2.45) is 0 Å². The first kappa shape index (κ1) is 94.0. The van der Waals surface area contributed by atoms with E-state index in [-0.39, 0.29) is 103 Å². The van der Waals surface area contributed by atoms with Gasteiger partial charge in [0.25, 0.3) is 0 Å². The molecule has 0 aliphatic carbocycles. The number of hydrogen-bond acceptors (Lipinski definition) is 27. The molecule has 0 saturated carbocycles. The van der Waals surface area contributed by atoms with Crippen LogP contribution >= 0.6 is 0 Å². The largest absolute Gasteiger partial charge is 0.416 e. The molecule has 0 amide bonds. The van der Waals surface area contributed by atoms with E-state index in [9.17, 15) is 0 Å². The van der Waals surface area contributed by atoms with Gasteiger partial charge in [0.2, 0.25) is 106 Å². The Hall–Kier alpha value is -17.9. The van der Waals surface area contributed by atoms with Gasteiger partial charge in [-0.05, 0) is 281 Å². The third-order valence-corrected chi connectivity index (χ3v) is 26.2. The van der Waals surface area contributed by atoms with E-state index < -0.39 is 0 Å². The van der Waals surface area contributed by atoms with Gasteiger partial charge in [-0.25, -0.2) is 0 Å². The highest BCUT2D eigenvalue weighted by molar-refractivity contribution is 5.85. The summed E-state index contributed by atoms with van der Waals surface area (Å²) in [5, 5.41) is 82.3. The van der Waals surface area contributed by atoms with Crippen molar-refractivity contribution in [3.05, 3.63) is 325 Å². The van der Waals surface area contributed by atoms with Crippen molar-refractivity contribution < 1.29 is 39.8 Å². The molecule has 0 aliphatic heterocycles. The molecule has 13 aromatic carbocycles. The molecule has 726 valence electrons. The van der Waals surface area contributed by atoms with Crippen molar-refractivity contribution in [2.45, 2.75) is 157 Å². The lowest BCUT2D eigenvalue weighted by molar-refractivity contribution is 0.578. The predicted octanol–water partition coefficient (Wildman–Crippen LogP) is 29.9. The summed E-state index contributed by atoms with van der Waals surface area (Å²) in [4.78, 5) is 0. The number of aromatic nitrogens is 18. The van der Waals surface area contributed by atoms with Crippen LogP contribution in [0.15, 0.2) is 331 Å². The third-order valence-electron chi connectivity index (χ3n) is 26.2. The van der Waals surface area contributed by atoms with Gasteiger partial charge < -0.3 is 39.8 Å². The second kappa shape index (κ2) is 36.8. The highest BCUT2D eigenvalue weighted by atomic mass is 16.4. The quantitative estimate of drug-likeness (QED) is 0.0645. The summed E-state index contributed by atoms with van der Waals surface area (Å²) < 4.78 is 58.7. The molecule has 9 aromatic heterocycles. The Balaban J connectivity index is 0.593. The van der Waals surface area contributed by atoms with Crippen LogP contribution in [0.5, 0.6) is 0 Å². The summed E-state index contributed by atoms with van der Waals surface area (Å²) in [7, 11) is 0.